The molecule has 1 fully saturated rings. The van der Waals surface area contributed by atoms with Gasteiger partial charge >= 0.3 is 5.97 Å². The third kappa shape index (κ3) is 2.08. The zero-order chi connectivity index (χ0) is 11.5. The molecule has 1 atom stereocenters. The van der Waals surface area contributed by atoms with Crippen LogP contribution in [-0.4, -0.2) is 30.8 Å². The van der Waals surface area contributed by atoms with Crippen molar-refractivity contribution in [3.05, 3.63) is 35.4 Å². The number of aliphatic carboxylic acids is 1. The average molecular weight is 221 g/mol. The number of nitrogens with two attached hydrogens (primary N) is 1. The Hall–Kier alpha value is -1.39. The fraction of sp³-hybridized carbons (Fsp3) is 0.417. The maximum absolute atomic E-state index is 10.9. The van der Waals surface area contributed by atoms with Crippen molar-refractivity contribution >= 4 is 5.97 Å². The van der Waals surface area contributed by atoms with E-state index in [0.717, 1.165) is 18.8 Å². The number of ether oxygens (including phenoxy) is 1. The van der Waals surface area contributed by atoms with Gasteiger partial charge in [-0.05, 0) is 11.1 Å². The molecular weight excluding hydrogens is 206 g/mol. The summed E-state index contributed by atoms with van der Waals surface area (Å²) >= 11 is 0. The van der Waals surface area contributed by atoms with Crippen LogP contribution < -0.4 is 5.73 Å². The molecule has 1 aliphatic heterocycles. The quantitative estimate of drug-likeness (QED) is 0.793. The van der Waals surface area contributed by atoms with Crippen LogP contribution in [0.15, 0.2) is 24.3 Å². The number of carboxylic acid groups (broad SMARTS) is 1. The second-order valence-electron chi connectivity index (χ2n) is 4.03. The molecular formula is C12H15NO3. The van der Waals surface area contributed by atoms with Crippen molar-refractivity contribution in [3.63, 3.8) is 0 Å². The highest BCUT2D eigenvalue weighted by Gasteiger charge is 2.22. The van der Waals surface area contributed by atoms with Crippen molar-refractivity contribution in [3.8, 4) is 0 Å². The lowest BCUT2D eigenvalue weighted by molar-refractivity contribution is -0.138. The van der Waals surface area contributed by atoms with Crippen LogP contribution in [0, 0.1) is 0 Å². The lowest BCUT2D eigenvalue weighted by atomic mass is 9.93. The number of carbonyl (C=O) groups is 1. The molecule has 1 unspecified atom stereocenters. The van der Waals surface area contributed by atoms with E-state index < -0.39 is 11.9 Å². The number of hydrogen-bond acceptors (Lipinski definition) is 3. The first kappa shape index (κ1) is 11.1. The SMILES string of the molecule is NCC(C(=O)O)c1ccc(C2COC2)cc1. The fourth-order valence-electron chi connectivity index (χ4n) is 1.81. The third-order valence-electron chi connectivity index (χ3n) is 2.98. The highest BCUT2D eigenvalue weighted by Crippen LogP contribution is 2.25. The Morgan fingerprint density at radius 1 is 1.44 bits per heavy atom. The van der Waals surface area contributed by atoms with Crippen LogP contribution in [-0.2, 0) is 9.53 Å². The molecule has 1 aliphatic rings. The summed E-state index contributed by atoms with van der Waals surface area (Å²) in [6.07, 6.45) is 0. The van der Waals surface area contributed by atoms with E-state index in [1.807, 2.05) is 24.3 Å². The van der Waals surface area contributed by atoms with Crippen LogP contribution >= 0.6 is 0 Å². The van der Waals surface area contributed by atoms with E-state index in [1.54, 1.807) is 0 Å². The highest BCUT2D eigenvalue weighted by atomic mass is 16.5. The van der Waals surface area contributed by atoms with E-state index in [-0.39, 0.29) is 6.54 Å². The van der Waals surface area contributed by atoms with Gasteiger partial charge in [0.05, 0.1) is 19.1 Å². The summed E-state index contributed by atoms with van der Waals surface area (Å²) in [6.45, 7) is 1.65. The van der Waals surface area contributed by atoms with Crippen molar-refractivity contribution in [2.24, 2.45) is 5.73 Å². The van der Waals surface area contributed by atoms with E-state index in [0.29, 0.717) is 5.92 Å². The minimum absolute atomic E-state index is 0.126. The molecule has 0 saturated carbocycles. The first-order chi connectivity index (χ1) is 7.72. The highest BCUT2D eigenvalue weighted by molar-refractivity contribution is 5.76. The largest absolute Gasteiger partial charge is 0.481 e. The molecule has 4 nitrogen and oxygen atoms in total. The van der Waals surface area contributed by atoms with Gasteiger partial charge in [0.2, 0.25) is 0 Å². The van der Waals surface area contributed by atoms with Gasteiger partial charge in [0.15, 0.2) is 0 Å². The molecule has 0 amide bonds. The van der Waals surface area contributed by atoms with Crippen LogP contribution in [0.25, 0.3) is 0 Å². The number of hydrogen-bond donors (Lipinski definition) is 2. The van der Waals surface area contributed by atoms with Crippen molar-refractivity contribution in [2.75, 3.05) is 19.8 Å². The van der Waals surface area contributed by atoms with E-state index in [1.165, 1.54) is 5.56 Å². The van der Waals surface area contributed by atoms with Gasteiger partial charge < -0.3 is 15.6 Å². The molecule has 0 spiro atoms. The number of benzene rings is 1. The van der Waals surface area contributed by atoms with Gasteiger partial charge in [-0.1, -0.05) is 24.3 Å². The Labute approximate surface area is 94.0 Å². The van der Waals surface area contributed by atoms with Crippen molar-refractivity contribution in [1.82, 2.24) is 0 Å². The molecule has 86 valence electrons. The molecule has 0 bridgehead atoms. The van der Waals surface area contributed by atoms with Gasteiger partial charge in [0, 0.05) is 12.5 Å². The van der Waals surface area contributed by atoms with Gasteiger partial charge in [-0.15, -0.1) is 0 Å². The molecule has 0 aliphatic carbocycles. The Bertz CT molecular complexity index is 370. The van der Waals surface area contributed by atoms with Crippen LogP contribution in [0.1, 0.15) is 23.0 Å². The standard InChI is InChI=1S/C12H15NO3/c13-5-11(12(14)15)9-3-1-8(2-4-9)10-6-16-7-10/h1-4,10-11H,5-7,13H2,(H,14,15). The molecule has 1 aromatic rings. The smallest absolute Gasteiger partial charge is 0.312 e. The summed E-state index contributed by atoms with van der Waals surface area (Å²) in [6, 6.07) is 7.63. The summed E-state index contributed by atoms with van der Waals surface area (Å²) in [4.78, 5) is 10.9. The monoisotopic (exact) mass is 221 g/mol. The van der Waals surface area contributed by atoms with E-state index in [4.69, 9.17) is 15.6 Å². The summed E-state index contributed by atoms with van der Waals surface area (Å²) < 4.78 is 5.11. The molecule has 0 radical (unpaired) electrons. The third-order valence-corrected chi connectivity index (χ3v) is 2.98. The minimum Gasteiger partial charge on any atom is -0.481 e. The lowest BCUT2D eigenvalue weighted by Gasteiger charge is -2.26. The summed E-state index contributed by atoms with van der Waals surface area (Å²) in [5, 5.41) is 8.96. The second kappa shape index (κ2) is 4.63. The van der Waals surface area contributed by atoms with Gasteiger partial charge in [-0.3, -0.25) is 4.79 Å². The zero-order valence-corrected chi connectivity index (χ0v) is 8.93. The molecule has 2 rings (SSSR count). The fourth-order valence-corrected chi connectivity index (χ4v) is 1.81. The Morgan fingerprint density at radius 3 is 2.44 bits per heavy atom. The number of rotatable bonds is 4. The maximum atomic E-state index is 10.9. The van der Waals surface area contributed by atoms with E-state index in [9.17, 15) is 4.79 Å². The van der Waals surface area contributed by atoms with Crippen molar-refractivity contribution < 1.29 is 14.6 Å². The van der Waals surface area contributed by atoms with Crippen molar-refractivity contribution in [2.45, 2.75) is 11.8 Å². The normalized spacial score (nSPS) is 17.8. The predicted molar refractivity (Wildman–Crippen MR) is 59.4 cm³/mol. The predicted octanol–water partition coefficient (Wildman–Crippen LogP) is 0.927. The van der Waals surface area contributed by atoms with Crippen molar-refractivity contribution in [1.29, 1.82) is 0 Å². The zero-order valence-electron chi connectivity index (χ0n) is 8.93. The Morgan fingerprint density at radius 2 is 2.06 bits per heavy atom. The summed E-state index contributed by atoms with van der Waals surface area (Å²) in [7, 11) is 0. The molecule has 3 N–H and O–H groups in total. The minimum atomic E-state index is -0.873. The molecule has 0 aromatic heterocycles. The molecule has 1 aromatic carbocycles. The Kier molecular flexibility index (Phi) is 3.22. The first-order valence-electron chi connectivity index (χ1n) is 5.33. The van der Waals surface area contributed by atoms with Gasteiger partial charge in [-0.25, -0.2) is 0 Å². The lowest BCUT2D eigenvalue weighted by Crippen LogP contribution is -2.25. The van der Waals surface area contributed by atoms with Gasteiger partial charge in [0.1, 0.15) is 0 Å². The molecule has 4 heteroatoms. The van der Waals surface area contributed by atoms with Crippen LogP contribution in [0.3, 0.4) is 0 Å². The summed E-state index contributed by atoms with van der Waals surface area (Å²) in [5.74, 6) is -1.01. The molecule has 1 heterocycles. The van der Waals surface area contributed by atoms with Crippen LogP contribution in [0.4, 0.5) is 0 Å². The maximum Gasteiger partial charge on any atom is 0.312 e. The Balaban J connectivity index is 2.14. The van der Waals surface area contributed by atoms with Gasteiger partial charge in [-0.2, -0.15) is 0 Å². The van der Waals surface area contributed by atoms with Gasteiger partial charge in [0.25, 0.3) is 0 Å². The van der Waals surface area contributed by atoms with E-state index in [2.05, 4.69) is 0 Å². The van der Waals surface area contributed by atoms with E-state index >= 15 is 0 Å². The van der Waals surface area contributed by atoms with Crippen LogP contribution in [0.2, 0.25) is 0 Å². The topological polar surface area (TPSA) is 72.6 Å². The summed E-state index contributed by atoms with van der Waals surface area (Å²) in [5.41, 5.74) is 7.41. The first-order valence-corrected chi connectivity index (χ1v) is 5.33. The number of carboxylic acids is 1. The molecule has 16 heavy (non-hydrogen) atoms. The second-order valence-corrected chi connectivity index (χ2v) is 4.03. The van der Waals surface area contributed by atoms with Crippen LogP contribution in [0.5, 0.6) is 0 Å². The molecule has 1 saturated heterocycles. The average Bonchev–Trinajstić information content (AvgIpc) is 2.18.